The highest BCUT2D eigenvalue weighted by molar-refractivity contribution is 5.99. The van der Waals surface area contributed by atoms with Gasteiger partial charge in [-0.05, 0) is 32.9 Å². The summed E-state index contributed by atoms with van der Waals surface area (Å²) in [5.74, 6) is -1.60. The molecule has 0 spiro atoms. The summed E-state index contributed by atoms with van der Waals surface area (Å²) < 4.78 is 46.0. The van der Waals surface area contributed by atoms with Crippen LogP contribution in [0.4, 0.5) is 13.2 Å². The molecule has 3 rings (SSSR count). The first kappa shape index (κ1) is 16.8. The number of carbonyl (C=O) groups excluding carboxylic acids is 1. The zero-order valence-electron chi connectivity index (χ0n) is 13.6. The first-order valence-electron chi connectivity index (χ1n) is 7.57. The van der Waals surface area contributed by atoms with Crippen LogP contribution < -0.4 is 0 Å². The van der Waals surface area contributed by atoms with Crippen molar-refractivity contribution in [3.05, 3.63) is 35.9 Å². The molecular weight excluding hydrogens is 323 g/mol. The molecule has 2 aromatic rings. The third-order valence-electron chi connectivity index (χ3n) is 3.66. The quantitative estimate of drug-likeness (QED) is 0.844. The van der Waals surface area contributed by atoms with Gasteiger partial charge >= 0.3 is 6.18 Å². The largest absolute Gasteiger partial charge is 0.450 e. The molecule has 1 fully saturated rings. The highest BCUT2D eigenvalue weighted by Gasteiger charge is 2.40. The smallest absolute Gasteiger partial charge is 0.369 e. The second-order valence-corrected chi connectivity index (χ2v) is 6.80. The molecule has 1 saturated heterocycles. The SMILES string of the molecule is CC(C)(C)OC1CN(C(=O)c2nc(C(F)(F)F)n3ccccc23)C1. The molecule has 0 aromatic carbocycles. The van der Waals surface area contributed by atoms with Crippen molar-refractivity contribution >= 4 is 11.4 Å². The fraction of sp³-hybridized carbons (Fsp3) is 0.500. The summed E-state index contributed by atoms with van der Waals surface area (Å²) in [5.41, 5.74) is -0.364. The summed E-state index contributed by atoms with van der Waals surface area (Å²) in [6.07, 6.45) is -3.48. The van der Waals surface area contributed by atoms with Crippen LogP contribution in [0.3, 0.4) is 0 Å². The van der Waals surface area contributed by atoms with Crippen molar-refractivity contribution < 1.29 is 22.7 Å². The van der Waals surface area contributed by atoms with Crippen molar-refractivity contribution in [3.8, 4) is 0 Å². The minimum atomic E-state index is -4.63. The van der Waals surface area contributed by atoms with Gasteiger partial charge in [0, 0.05) is 19.3 Å². The predicted octanol–water partition coefficient (Wildman–Crippen LogP) is 2.99. The van der Waals surface area contributed by atoms with E-state index in [-0.39, 0.29) is 22.9 Å². The lowest BCUT2D eigenvalue weighted by Gasteiger charge is -2.41. The molecule has 8 heteroatoms. The summed E-state index contributed by atoms with van der Waals surface area (Å²) in [7, 11) is 0. The number of ether oxygens (including phenoxy) is 1. The lowest BCUT2D eigenvalue weighted by Crippen LogP contribution is -2.56. The Morgan fingerprint density at radius 1 is 1.25 bits per heavy atom. The van der Waals surface area contributed by atoms with E-state index in [4.69, 9.17) is 4.74 Å². The zero-order valence-corrected chi connectivity index (χ0v) is 13.6. The summed E-state index contributed by atoms with van der Waals surface area (Å²) in [4.78, 5) is 17.5. The molecule has 24 heavy (non-hydrogen) atoms. The van der Waals surface area contributed by atoms with Gasteiger partial charge in [0.2, 0.25) is 5.82 Å². The Morgan fingerprint density at radius 2 is 1.92 bits per heavy atom. The number of alkyl halides is 3. The van der Waals surface area contributed by atoms with Gasteiger partial charge in [0.05, 0.1) is 17.2 Å². The average molecular weight is 341 g/mol. The summed E-state index contributed by atoms with van der Waals surface area (Å²) in [6, 6.07) is 4.50. The third kappa shape index (κ3) is 3.10. The Bertz CT molecular complexity index is 771. The lowest BCUT2D eigenvalue weighted by molar-refractivity contribution is -0.145. The second kappa shape index (κ2) is 5.47. The lowest BCUT2D eigenvalue weighted by atomic mass is 10.1. The summed E-state index contributed by atoms with van der Waals surface area (Å²) in [6.45, 7) is 6.44. The van der Waals surface area contributed by atoms with Crippen molar-refractivity contribution in [2.45, 2.75) is 38.7 Å². The molecule has 1 aliphatic rings. The van der Waals surface area contributed by atoms with Crippen LogP contribution in [0, 0.1) is 0 Å². The first-order valence-corrected chi connectivity index (χ1v) is 7.57. The molecule has 0 bridgehead atoms. The van der Waals surface area contributed by atoms with Gasteiger partial charge in [0.1, 0.15) is 0 Å². The number of rotatable bonds is 2. The van der Waals surface area contributed by atoms with Gasteiger partial charge in [-0.25, -0.2) is 4.98 Å². The van der Waals surface area contributed by atoms with Gasteiger partial charge < -0.3 is 9.64 Å². The number of halogens is 3. The van der Waals surface area contributed by atoms with Crippen LogP contribution in [0.15, 0.2) is 24.4 Å². The maximum atomic E-state index is 13.1. The first-order chi connectivity index (χ1) is 11.1. The molecule has 0 unspecified atom stereocenters. The standard InChI is InChI=1S/C16H18F3N3O2/c1-15(2,3)24-10-8-21(9-10)13(23)12-11-6-4-5-7-22(11)14(20-12)16(17,18)19/h4-7,10H,8-9H2,1-3H3. The summed E-state index contributed by atoms with van der Waals surface area (Å²) in [5, 5.41) is 0. The van der Waals surface area contributed by atoms with Crippen LogP contribution in [-0.4, -0.2) is 45.0 Å². The number of pyridine rings is 1. The molecule has 0 saturated carbocycles. The fourth-order valence-corrected chi connectivity index (χ4v) is 2.72. The van der Waals surface area contributed by atoms with E-state index in [1.165, 1.54) is 23.2 Å². The Kier molecular flexibility index (Phi) is 3.82. The van der Waals surface area contributed by atoms with Crippen LogP contribution in [0.2, 0.25) is 0 Å². The number of nitrogens with zero attached hydrogens (tertiary/aromatic N) is 3. The normalized spacial score (nSPS) is 16.5. The number of hydrogen-bond acceptors (Lipinski definition) is 3. The van der Waals surface area contributed by atoms with E-state index in [0.29, 0.717) is 13.1 Å². The van der Waals surface area contributed by atoms with Gasteiger partial charge in [0.25, 0.3) is 5.91 Å². The molecule has 3 heterocycles. The highest BCUT2D eigenvalue weighted by atomic mass is 19.4. The molecular formula is C16H18F3N3O2. The van der Waals surface area contributed by atoms with Gasteiger partial charge in [-0.15, -0.1) is 0 Å². The maximum Gasteiger partial charge on any atom is 0.450 e. The number of hydrogen-bond donors (Lipinski definition) is 0. The number of fused-ring (bicyclic) bond motifs is 1. The van der Waals surface area contributed by atoms with E-state index in [0.717, 1.165) is 4.40 Å². The molecule has 0 atom stereocenters. The number of amides is 1. The zero-order chi connectivity index (χ0) is 17.7. The topological polar surface area (TPSA) is 46.8 Å². The molecule has 1 amide bonds. The van der Waals surface area contributed by atoms with E-state index < -0.39 is 17.9 Å². The van der Waals surface area contributed by atoms with Crippen molar-refractivity contribution in [2.75, 3.05) is 13.1 Å². The predicted molar refractivity (Wildman–Crippen MR) is 80.7 cm³/mol. The molecule has 5 nitrogen and oxygen atoms in total. The average Bonchev–Trinajstić information content (AvgIpc) is 2.80. The molecule has 0 N–H and O–H groups in total. The minimum Gasteiger partial charge on any atom is -0.369 e. The van der Waals surface area contributed by atoms with E-state index in [1.54, 1.807) is 6.07 Å². The van der Waals surface area contributed by atoms with Crippen molar-refractivity contribution in [3.63, 3.8) is 0 Å². The molecule has 1 aliphatic heterocycles. The molecule has 0 aliphatic carbocycles. The minimum absolute atomic E-state index is 0.107. The van der Waals surface area contributed by atoms with Gasteiger partial charge in [-0.3, -0.25) is 9.20 Å². The monoisotopic (exact) mass is 341 g/mol. The number of carbonyl (C=O) groups is 1. The third-order valence-corrected chi connectivity index (χ3v) is 3.66. The Balaban J connectivity index is 1.85. The van der Waals surface area contributed by atoms with Gasteiger partial charge in [-0.1, -0.05) is 6.07 Å². The number of likely N-dealkylation sites (tertiary alicyclic amines) is 1. The number of aromatic nitrogens is 2. The van der Waals surface area contributed by atoms with Crippen molar-refractivity contribution in [1.82, 2.24) is 14.3 Å². The van der Waals surface area contributed by atoms with E-state index >= 15 is 0 Å². The van der Waals surface area contributed by atoms with E-state index in [2.05, 4.69) is 4.98 Å². The van der Waals surface area contributed by atoms with Crippen LogP contribution >= 0.6 is 0 Å². The number of imidazole rings is 1. The Morgan fingerprint density at radius 3 is 2.50 bits per heavy atom. The van der Waals surface area contributed by atoms with Gasteiger partial charge in [0.15, 0.2) is 5.69 Å². The van der Waals surface area contributed by atoms with Crippen LogP contribution in [-0.2, 0) is 10.9 Å². The maximum absolute atomic E-state index is 13.1. The Labute approximate surface area is 137 Å². The van der Waals surface area contributed by atoms with Crippen LogP contribution in [0.25, 0.3) is 5.52 Å². The van der Waals surface area contributed by atoms with Crippen LogP contribution in [0.5, 0.6) is 0 Å². The fourth-order valence-electron chi connectivity index (χ4n) is 2.72. The Hall–Kier alpha value is -2.09. The highest BCUT2D eigenvalue weighted by Crippen LogP contribution is 2.31. The van der Waals surface area contributed by atoms with Crippen molar-refractivity contribution in [1.29, 1.82) is 0 Å². The van der Waals surface area contributed by atoms with Gasteiger partial charge in [-0.2, -0.15) is 13.2 Å². The van der Waals surface area contributed by atoms with E-state index in [1.807, 2.05) is 20.8 Å². The van der Waals surface area contributed by atoms with Crippen molar-refractivity contribution in [2.24, 2.45) is 0 Å². The molecule has 130 valence electrons. The summed E-state index contributed by atoms with van der Waals surface area (Å²) >= 11 is 0. The van der Waals surface area contributed by atoms with Crippen LogP contribution in [0.1, 0.15) is 37.1 Å². The van der Waals surface area contributed by atoms with E-state index in [9.17, 15) is 18.0 Å². The molecule has 0 radical (unpaired) electrons. The second-order valence-electron chi connectivity index (χ2n) is 6.80. The molecule has 2 aromatic heterocycles.